The first-order chi connectivity index (χ1) is 15.1. The lowest BCUT2D eigenvalue weighted by Gasteiger charge is -2.26. The predicted octanol–water partition coefficient (Wildman–Crippen LogP) is 4.70. The van der Waals surface area contributed by atoms with E-state index >= 15 is 0 Å². The minimum absolute atomic E-state index is 0. The van der Waals surface area contributed by atoms with Crippen LogP contribution in [-0.2, 0) is 4.74 Å². The lowest BCUT2D eigenvalue weighted by atomic mass is 10.2. The molecule has 1 N–H and O–H groups in total. The van der Waals surface area contributed by atoms with Gasteiger partial charge in [-0.25, -0.2) is 14.4 Å². The van der Waals surface area contributed by atoms with Crippen LogP contribution in [-0.4, -0.2) is 61.4 Å². The van der Waals surface area contributed by atoms with Crippen LogP contribution in [0.5, 0.6) is 11.5 Å². The fraction of sp³-hybridized carbons (Fsp3) is 0.364. The summed E-state index contributed by atoms with van der Waals surface area (Å²) >= 11 is 5.90. The minimum atomic E-state index is -0.475. The van der Waals surface area contributed by atoms with Gasteiger partial charge in [-0.05, 0) is 30.7 Å². The molecule has 0 radical (unpaired) electrons. The zero-order valence-electron chi connectivity index (χ0n) is 17.6. The number of hydrogen-bond acceptors (Lipinski definition) is 7. The molecule has 1 saturated heterocycles. The van der Waals surface area contributed by atoms with E-state index in [1.807, 2.05) is 12.1 Å². The van der Waals surface area contributed by atoms with Crippen LogP contribution in [0.25, 0.3) is 10.9 Å². The molecule has 1 fully saturated rings. The van der Waals surface area contributed by atoms with Gasteiger partial charge in [0.05, 0.1) is 37.5 Å². The van der Waals surface area contributed by atoms with Crippen LogP contribution in [0, 0.1) is 5.82 Å². The largest absolute Gasteiger partial charge is 0.493 e. The van der Waals surface area contributed by atoms with Crippen molar-refractivity contribution in [1.29, 1.82) is 0 Å². The van der Waals surface area contributed by atoms with Crippen molar-refractivity contribution in [2.45, 2.75) is 6.42 Å². The second kappa shape index (κ2) is 11.5. The standard InChI is InChI=1S/C22H24ClFN4O3.ClH/c1-29-20-13-19-16(12-21(20)31-8-2-5-28-6-9-30-10-7-28)22(26-14-25-19)27-15-3-4-18(24)17(23)11-15;/h3-4,11-14H,2,5-10H2,1H3,(H,25,26,27);1H. The molecule has 0 atom stereocenters. The van der Waals surface area contributed by atoms with Gasteiger partial charge in [0.25, 0.3) is 0 Å². The fourth-order valence-corrected chi connectivity index (χ4v) is 3.62. The van der Waals surface area contributed by atoms with E-state index in [0.29, 0.717) is 35.1 Å². The smallest absolute Gasteiger partial charge is 0.162 e. The lowest BCUT2D eigenvalue weighted by Crippen LogP contribution is -2.37. The maximum Gasteiger partial charge on any atom is 0.162 e. The molecule has 0 bridgehead atoms. The van der Waals surface area contributed by atoms with Gasteiger partial charge in [0.15, 0.2) is 11.5 Å². The Bertz CT molecular complexity index is 1050. The summed E-state index contributed by atoms with van der Waals surface area (Å²) in [6.07, 6.45) is 2.35. The SMILES string of the molecule is COc1cc2ncnc(Nc3ccc(F)c(Cl)c3)c2cc1OCCCN1CCOCC1.Cl. The van der Waals surface area contributed by atoms with Gasteiger partial charge >= 0.3 is 0 Å². The van der Waals surface area contributed by atoms with Crippen LogP contribution >= 0.6 is 24.0 Å². The molecule has 2 aromatic carbocycles. The molecule has 0 saturated carbocycles. The van der Waals surface area contributed by atoms with Gasteiger partial charge in [-0.15, -0.1) is 12.4 Å². The number of hydrogen-bond donors (Lipinski definition) is 1. The summed E-state index contributed by atoms with van der Waals surface area (Å²) in [5.74, 6) is 1.31. The van der Waals surface area contributed by atoms with Crippen LogP contribution in [0.3, 0.4) is 0 Å². The molecule has 1 aliphatic rings. The van der Waals surface area contributed by atoms with Crippen molar-refractivity contribution < 1.29 is 18.6 Å². The minimum Gasteiger partial charge on any atom is -0.493 e. The predicted molar refractivity (Wildman–Crippen MR) is 125 cm³/mol. The Hall–Kier alpha value is -2.39. The molecule has 1 aliphatic heterocycles. The van der Waals surface area contributed by atoms with Crippen LogP contribution in [0.2, 0.25) is 5.02 Å². The van der Waals surface area contributed by atoms with E-state index in [9.17, 15) is 4.39 Å². The second-order valence-corrected chi connectivity index (χ2v) is 7.56. The number of nitrogens with one attached hydrogen (secondary N) is 1. The van der Waals surface area contributed by atoms with Crippen LogP contribution < -0.4 is 14.8 Å². The number of fused-ring (bicyclic) bond motifs is 1. The Balaban J connectivity index is 0.00000289. The molecule has 4 rings (SSSR count). The summed E-state index contributed by atoms with van der Waals surface area (Å²) in [5.41, 5.74) is 1.32. The summed E-state index contributed by atoms with van der Waals surface area (Å²) in [4.78, 5) is 11.0. The van der Waals surface area contributed by atoms with Crippen molar-refractivity contribution >= 4 is 46.4 Å². The molecule has 1 aromatic heterocycles. The van der Waals surface area contributed by atoms with E-state index < -0.39 is 5.82 Å². The van der Waals surface area contributed by atoms with E-state index in [2.05, 4.69) is 20.2 Å². The summed E-state index contributed by atoms with van der Waals surface area (Å²) in [6.45, 7) is 5.00. The van der Waals surface area contributed by atoms with Crippen molar-refractivity contribution in [1.82, 2.24) is 14.9 Å². The van der Waals surface area contributed by atoms with E-state index in [1.165, 1.54) is 18.5 Å². The molecule has 0 spiro atoms. The zero-order valence-corrected chi connectivity index (χ0v) is 19.2. The van der Waals surface area contributed by atoms with Gasteiger partial charge in [-0.1, -0.05) is 11.6 Å². The molecule has 3 aromatic rings. The van der Waals surface area contributed by atoms with Crippen LogP contribution in [0.1, 0.15) is 6.42 Å². The van der Waals surface area contributed by atoms with Crippen molar-refractivity contribution in [3.8, 4) is 11.5 Å². The lowest BCUT2D eigenvalue weighted by molar-refractivity contribution is 0.0357. The molecule has 7 nitrogen and oxygen atoms in total. The second-order valence-electron chi connectivity index (χ2n) is 7.15. The Morgan fingerprint density at radius 1 is 1.16 bits per heavy atom. The molecular formula is C22H25Cl2FN4O3. The van der Waals surface area contributed by atoms with Crippen molar-refractivity contribution in [3.63, 3.8) is 0 Å². The maximum absolute atomic E-state index is 13.5. The van der Waals surface area contributed by atoms with Gasteiger partial charge in [0, 0.05) is 36.8 Å². The van der Waals surface area contributed by atoms with Crippen molar-refractivity contribution in [3.05, 3.63) is 47.5 Å². The number of morpholine rings is 1. The van der Waals surface area contributed by atoms with Gasteiger partial charge < -0.3 is 19.5 Å². The van der Waals surface area contributed by atoms with Crippen molar-refractivity contribution in [2.24, 2.45) is 0 Å². The zero-order chi connectivity index (χ0) is 21.6. The normalized spacial score (nSPS) is 14.1. The summed E-state index contributed by atoms with van der Waals surface area (Å²) in [6, 6.07) is 8.09. The molecule has 0 amide bonds. The van der Waals surface area contributed by atoms with Gasteiger partial charge in [-0.3, -0.25) is 4.90 Å². The van der Waals surface area contributed by atoms with E-state index in [-0.39, 0.29) is 17.4 Å². The summed E-state index contributed by atoms with van der Waals surface area (Å²) in [7, 11) is 1.60. The van der Waals surface area contributed by atoms with Gasteiger partial charge in [0.1, 0.15) is 18.0 Å². The molecule has 10 heteroatoms. The number of halogens is 3. The van der Waals surface area contributed by atoms with E-state index in [1.54, 1.807) is 13.2 Å². The van der Waals surface area contributed by atoms with Gasteiger partial charge in [0.2, 0.25) is 0 Å². The quantitative estimate of drug-likeness (QED) is 0.466. The number of ether oxygens (including phenoxy) is 3. The number of anilines is 2. The highest BCUT2D eigenvalue weighted by Crippen LogP contribution is 2.35. The topological polar surface area (TPSA) is 68.7 Å². The third-order valence-electron chi connectivity index (χ3n) is 5.08. The molecular weight excluding hydrogens is 458 g/mol. The van der Waals surface area contributed by atoms with Crippen molar-refractivity contribution in [2.75, 3.05) is 51.9 Å². The maximum atomic E-state index is 13.5. The first-order valence-corrected chi connectivity index (χ1v) is 10.5. The third-order valence-corrected chi connectivity index (χ3v) is 5.37. The monoisotopic (exact) mass is 482 g/mol. The average molecular weight is 483 g/mol. The first kappa shape index (κ1) is 24.3. The number of nitrogens with zero attached hydrogens (tertiary/aromatic N) is 3. The average Bonchev–Trinajstić information content (AvgIpc) is 2.79. The molecule has 32 heavy (non-hydrogen) atoms. The number of benzene rings is 2. The highest BCUT2D eigenvalue weighted by atomic mass is 35.5. The Labute approximate surface area is 197 Å². The Morgan fingerprint density at radius 3 is 2.72 bits per heavy atom. The van der Waals surface area contributed by atoms with E-state index in [0.717, 1.165) is 44.7 Å². The third kappa shape index (κ3) is 5.89. The number of aromatic nitrogens is 2. The van der Waals surface area contributed by atoms with Gasteiger partial charge in [-0.2, -0.15) is 0 Å². The molecule has 0 unspecified atom stereocenters. The molecule has 0 aliphatic carbocycles. The highest BCUT2D eigenvalue weighted by molar-refractivity contribution is 6.31. The fourth-order valence-electron chi connectivity index (χ4n) is 3.44. The number of rotatable bonds is 8. The molecule has 2 heterocycles. The summed E-state index contributed by atoms with van der Waals surface area (Å²) < 4.78 is 30.4. The molecule has 172 valence electrons. The first-order valence-electron chi connectivity index (χ1n) is 10.1. The van der Waals surface area contributed by atoms with Crippen LogP contribution in [0.4, 0.5) is 15.9 Å². The van der Waals surface area contributed by atoms with Crippen LogP contribution in [0.15, 0.2) is 36.7 Å². The highest BCUT2D eigenvalue weighted by Gasteiger charge is 2.14. The Morgan fingerprint density at radius 2 is 1.97 bits per heavy atom. The summed E-state index contributed by atoms with van der Waals surface area (Å²) in [5, 5.41) is 3.97. The Kier molecular flexibility index (Phi) is 8.69. The van der Waals surface area contributed by atoms with E-state index in [4.69, 9.17) is 25.8 Å². The number of methoxy groups -OCH3 is 1.